The van der Waals surface area contributed by atoms with E-state index in [1.54, 1.807) is 6.92 Å². The zero-order chi connectivity index (χ0) is 10.5. The van der Waals surface area contributed by atoms with Gasteiger partial charge in [-0.2, -0.15) is 0 Å². The first kappa shape index (κ1) is 12.3. The summed E-state index contributed by atoms with van der Waals surface area (Å²) in [6, 6.07) is 0. The van der Waals surface area contributed by atoms with Crippen molar-refractivity contribution in [2.24, 2.45) is 11.3 Å². The van der Waals surface area contributed by atoms with Gasteiger partial charge in [0.2, 0.25) is 0 Å². The molecule has 0 rings (SSSR count). The number of amides is 1. The van der Waals surface area contributed by atoms with Crippen molar-refractivity contribution in [3.05, 3.63) is 0 Å². The molecule has 1 N–H and O–H groups in total. The molecule has 78 valence electrons. The Balaban J connectivity index is 3.81. The van der Waals surface area contributed by atoms with E-state index in [1.165, 1.54) is 0 Å². The molecule has 0 fully saturated rings. The Morgan fingerprint density at radius 2 is 2.00 bits per heavy atom. The van der Waals surface area contributed by atoms with Crippen LogP contribution in [0.25, 0.3) is 0 Å². The molecule has 0 heterocycles. The van der Waals surface area contributed by atoms with Gasteiger partial charge in [0.15, 0.2) is 0 Å². The lowest BCUT2D eigenvalue weighted by atomic mass is 9.81. The van der Waals surface area contributed by atoms with Crippen LogP contribution in [-0.2, 0) is 4.74 Å². The van der Waals surface area contributed by atoms with Crippen LogP contribution in [0.15, 0.2) is 0 Å². The van der Waals surface area contributed by atoms with Crippen LogP contribution < -0.4 is 5.32 Å². The third kappa shape index (κ3) is 4.76. The predicted octanol–water partition coefficient (Wildman–Crippen LogP) is 2.41. The van der Waals surface area contributed by atoms with E-state index in [2.05, 4.69) is 33.0 Å². The second kappa shape index (κ2) is 5.10. The molecule has 13 heavy (non-hydrogen) atoms. The average molecular weight is 187 g/mol. The van der Waals surface area contributed by atoms with Crippen LogP contribution in [0.2, 0.25) is 0 Å². The predicted molar refractivity (Wildman–Crippen MR) is 53.6 cm³/mol. The van der Waals surface area contributed by atoms with Crippen LogP contribution in [0, 0.1) is 11.3 Å². The molecule has 0 saturated heterocycles. The van der Waals surface area contributed by atoms with Gasteiger partial charge in [0.25, 0.3) is 0 Å². The fourth-order valence-electron chi connectivity index (χ4n) is 0.686. The Hall–Kier alpha value is -0.730. The van der Waals surface area contributed by atoms with Gasteiger partial charge in [-0.25, -0.2) is 4.79 Å². The largest absolute Gasteiger partial charge is 0.450 e. The lowest BCUT2D eigenvalue weighted by molar-refractivity contribution is 0.142. The van der Waals surface area contributed by atoms with Crippen molar-refractivity contribution in [1.29, 1.82) is 0 Å². The highest BCUT2D eigenvalue weighted by Crippen LogP contribution is 2.24. The zero-order valence-electron chi connectivity index (χ0n) is 9.31. The smallest absolute Gasteiger partial charge is 0.407 e. The second-order valence-corrected chi connectivity index (χ2v) is 4.22. The maximum absolute atomic E-state index is 11.0. The highest BCUT2D eigenvalue weighted by molar-refractivity contribution is 5.67. The minimum atomic E-state index is -0.323. The zero-order valence-corrected chi connectivity index (χ0v) is 9.31. The van der Waals surface area contributed by atoms with Gasteiger partial charge in [-0.1, -0.05) is 27.7 Å². The Morgan fingerprint density at radius 3 is 2.38 bits per heavy atom. The number of nitrogens with one attached hydrogen (secondary N) is 1. The molecule has 1 amide bonds. The van der Waals surface area contributed by atoms with E-state index in [9.17, 15) is 4.79 Å². The van der Waals surface area contributed by atoms with Crippen LogP contribution >= 0.6 is 0 Å². The second-order valence-electron chi connectivity index (χ2n) is 4.22. The van der Waals surface area contributed by atoms with E-state index in [0.29, 0.717) is 19.1 Å². The fourth-order valence-corrected chi connectivity index (χ4v) is 0.686. The monoisotopic (exact) mass is 187 g/mol. The van der Waals surface area contributed by atoms with Gasteiger partial charge in [0, 0.05) is 6.54 Å². The van der Waals surface area contributed by atoms with Crippen LogP contribution in [0.1, 0.15) is 34.6 Å². The van der Waals surface area contributed by atoms with E-state index in [-0.39, 0.29) is 11.5 Å². The minimum Gasteiger partial charge on any atom is -0.450 e. The van der Waals surface area contributed by atoms with Gasteiger partial charge >= 0.3 is 6.09 Å². The number of hydrogen-bond donors (Lipinski definition) is 1. The molecule has 0 bridgehead atoms. The first-order chi connectivity index (χ1) is 5.90. The maximum atomic E-state index is 11.0. The molecule has 3 heteroatoms. The SMILES string of the molecule is CCOC(=O)NCC(C)(C)C(C)C. The van der Waals surface area contributed by atoms with Crippen molar-refractivity contribution >= 4 is 6.09 Å². The van der Waals surface area contributed by atoms with Gasteiger partial charge in [0.05, 0.1) is 6.61 Å². The molecule has 0 aliphatic rings. The first-order valence-corrected chi connectivity index (χ1v) is 4.80. The summed E-state index contributed by atoms with van der Waals surface area (Å²) in [5, 5.41) is 2.74. The molecule has 0 aliphatic carbocycles. The molecule has 0 aromatic rings. The summed E-state index contributed by atoms with van der Waals surface area (Å²) in [4.78, 5) is 11.0. The molecular weight excluding hydrogens is 166 g/mol. The molecule has 0 unspecified atom stereocenters. The van der Waals surface area contributed by atoms with Crippen LogP contribution in [0.5, 0.6) is 0 Å². The van der Waals surface area contributed by atoms with Gasteiger partial charge < -0.3 is 10.1 Å². The van der Waals surface area contributed by atoms with Crippen LogP contribution in [0.3, 0.4) is 0 Å². The molecular formula is C10H21NO2. The first-order valence-electron chi connectivity index (χ1n) is 4.80. The summed E-state index contributed by atoms with van der Waals surface area (Å²) in [5.74, 6) is 0.537. The molecule has 0 spiro atoms. The van der Waals surface area contributed by atoms with Crippen LogP contribution in [0.4, 0.5) is 4.79 Å². The summed E-state index contributed by atoms with van der Waals surface area (Å²) < 4.78 is 4.77. The average Bonchev–Trinajstić information content (AvgIpc) is 2.01. The molecule has 3 nitrogen and oxygen atoms in total. The lowest BCUT2D eigenvalue weighted by Gasteiger charge is -2.29. The summed E-state index contributed by atoms with van der Waals surface area (Å²) in [6.45, 7) is 11.4. The molecule has 0 aromatic heterocycles. The Bertz CT molecular complexity index is 164. The topological polar surface area (TPSA) is 38.3 Å². The van der Waals surface area contributed by atoms with Crippen molar-refractivity contribution in [1.82, 2.24) is 5.32 Å². The van der Waals surface area contributed by atoms with Gasteiger partial charge in [-0.15, -0.1) is 0 Å². The van der Waals surface area contributed by atoms with E-state index >= 15 is 0 Å². The van der Waals surface area contributed by atoms with Crippen molar-refractivity contribution in [3.63, 3.8) is 0 Å². The Morgan fingerprint density at radius 1 is 1.46 bits per heavy atom. The molecule has 0 saturated carbocycles. The van der Waals surface area contributed by atoms with Gasteiger partial charge in [-0.3, -0.25) is 0 Å². The summed E-state index contributed by atoms with van der Waals surface area (Å²) >= 11 is 0. The van der Waals surface area contributed by atoms with Crippen molar-refractivity contribution in [2.45, 2.75) is 34.6 Å². The van der Waals surface area contributed by atoms with E-state index < -0.39 is 0 Å². The lowest BCUT2D eigenvalue weighted by Crippen LogP contribution is -2.37. The number of rotatable bonds is 4. The highest BCUT2D eigenvalue weighted by atomic mass is 16.5. The van der Waals surface area contributed by atoms with E-state index in [1.807, 2.05) is 0 Å². The number of carbonyl (C=O) groups is 1. The number of carbonyl (C=O) groups excluding carboxylic acids is 1. The van der Waals surface area contributed by atoms with Crippen molar-refractivity contribution < 1.29 is 9.53 Å². The highest BCUT2D eigenvalue weighted by Gasteiger charge is 2.22. The van der Waals surface area contributed by atoms with Crippen molar-refractivity contribution in [2.75, 3.05) is 13.2 Å². The standard InChI is InChI=1S/C10H21NO2/c1-6-13-9(12)11-7-10(4,5)8(2)3/h8H,6-7H2,1-5H3,(H,11,12). The van der Waals surface area contributed by atoms with Crippen LogP contribution in [-0.4, -0.2) is 19.2 Å². The van der Waals surface area contributed by atoms with E-state index in [4.69, 9.17) is 4.74 Å². The van der Waals surface area contributed by atoms with Gasteiger partial charge in [0.1, 0.15) is 0 Å². The normalized spacial score (nSPS) is 11.5. The molecule has 0 aliphatic heterocycles. The Kier molecular flexibility index (Phi) is 4.81. The fraction of sp³-hybridized carbons (Fsp3) is 0.900. The molecule has 0 aromatic carbocycles. The maximum Gasteiger partial charge on any atom is 0.407 e. The van der Waals surface area contributed by atoms with Gasteiger partial charge in [-0.05, 0) is 18.3 Å². The number of hydrogen-bond acceptors (Lipinski definition) is 2. The summed E-state index contributed by atoms with van der Waals surface area (Å²) in [6.07, 6.45) is -0.323. The number of ether oxygens (including phenoxy) is 1. The molecule has 0 radical (unpaired) electrons. The van der Waals surface area contributed by atoms with Crippen molar-refractivity contribution in [3.8, 4) is 0 Å². The third-order valence-electron chi connectivity index (χ3n) is 2.53. The summed E-state index contributed by atoms with van der Waals surface area (Å²) in [7, 11) is 0. The summed E-state index contributed by atoms with van der Waals surface area (Å²) in [5.41, 5.74) is 0.118. The van der Waals surface area contributed by atoms with E-state index in [0.717, 1.165) is 0 Å². The molecule has 0 atom stereocenters. The number of alkyl carbamates (subject to hydrolysis) is 1. The minimum absolute atomic E-state index is 0.118. The third-order valence-corrected chi connectivity index (χ3v) is 2.53. The quantitative estimate of drug-likeness (QED) is 0.734. The Labute approximate surface area is 80.8 Å².